The average molecular weight is 278 g/mol. The number of aryl methyl sites for hydroxylation is 1. The van der Waals surface area contributed by atoms with Crippen LogP contribution in [0.3, 0.4) is 0 Å². The van der Waals surface area contributed by atoms with Crippen LogP contribution in [0.15, 0.2) is 42.5 Å². The lowest BCUT2D eigenvalue weighted by atomic mass is 10.1. The van der Waals surface area contributed by atoms with Crippen molar-refractivity contribution in [3.63, 3.8) is 0 Å². The van der Waals surface area contributed by atoms with Crippen LogP contribution < -0.4 is 5.32 Å². The van der Waals surface area contributed by atoms with Crippen molar-refractivity contribution in [3.05, 3.63) is 70.0 Å². The summed E-state index contributed by atoms with van der Waals surface area (Å²) in [6.45, 7) is 3.47. The van der Waals surface area contributed by atoms with Crippen molar-refractivity contribution < 1.29 is 4.39 Å². The molecule has 0 atom stereocenters. The van der Waals surface area contributed by atoms with Gasteiger partial charge in [-0.2, -0.15) is 0 Å². The van der Waals surface area contributed by atoms with Crippen molar-refractivity contribution in [3.8, 4) is 0 Å². The van der Waals surface area contributed by atoms with Crippen LogP contribution in [0, 0.1) is 12.7 Å². The second kappa shape index (κ2) is 6.69. The second-order valence-corrected chi connectivity index (χ2v) is 5.01. The van der Waals surface area contributed by atoms with E-state index in [-0.39, 0.29) is 5.82 Å². The highest BCUT2D eigenvalue weighted by atomic mass is 35.5. The Morgan fingerprint density at radius 3 is 2.68 bits per heavy atom. The molecule has 0 aliphatic carbocycles. The standard InChI is InChI=1S/C16H17ClFN/c1-12-6-7-13(10-15(12)17)11-19-9-8-14-4-2-3-5-16(14)18/h2-7,10,19H,8-9,11H2,1H3. The fraction of sp³-hybridized carbons (Fsp3) is 0.250. The molecule has 0 aliphatic rings. The molecule has 2 aromatic carbocycles. The Kier molecular flexibility index (Phi) is 4.94. The van der Waals surface area contributed by atoms with Crippen molar-refractivity contribution >= 4 is 11.6 Å². The first-order chi connectivity index (χ1) is 9.16. The van der Waals surface area contributed by atoms with Gasteiger partial charge in [-0.05, 0) is 48.7 Å². The zero-order valence-corrected chi connectivity index (χ0v) is 11.7. The Bertz CT molecular complexity index is 554. The number of hydrogen-bond donors (Lipinski definition) is 1. The van der Waals surface area contributed by atoms with Gasteiger partial charge in [0.15, 0.2) is 0 Å². The Morgan fingerprint density at radius 2 is 1.95 bits per heavy atom. The fourth-order valence-corrected chi connectivity index (χ4v) is 2.11. The van der Waals surface area contributed by atoms with Crippen molar-refractivity contribution in [2.75, 3.05) is 6.54 Å². The third-order valence-electron chi connectivity index (χ3n) is 3.09. The Labute approximate surface area is 118 Å². The minimum atomic E-state index is -0.136. The Balaban J connectivity index is 1.81. The molecule has 100 valence electrons. The molecule has 0 amide bonds. The maximum absolute atomic E-state index is 13.4. The van der Waals surface area contributed by atoms with Gasteiger partial charge in [0.25, 0.3) is 0 Å². The average Bonchev–Trinajstić information content (AvgIpc) is 2.40. The zero-order valence-electron chi connectivity index (χ0n) is 10.9. The maximum Gasteiger partial charge on any atom is 0.126 e. The molecule has 0 bridgehead atoms. The molecule has 0 radical (unpaired) electrons. The summed E-state index contributed by atoms with van der Waals surface area (Å²) in [4.78, 5) is 0. The van der Waals surface area contributed by atoms with Gasteiger partial charge in [-0.3, -0.25) is 0 Å². The molecule has 0 saturated carbocycles. The number of halogens is 2. The number of benzene rings is 2. The number of hydrogen-bond acceptors (Lipinski definition) is 1. The summed E-state index contributed by atoms with van der Waals surface area (Å²) in [7, 11) is 0. The van der Waals surface area contributed by atoms with Crippen LogP contribution in [0.2, 0.25) is 5.02 Å². The van der Waals surface area contributed by atoms with Gasteiger partial charge in [-0.15, -0.1) is 0 Å². The Morgan fingerprint density at radius 1 is 1.16 bits per heavy atom. The van der Waals surface area contributed by atoms with Gasteiger partial charge in [-0.25, -0.2) is 4.39 Å². The van der Waals surface area contributed by atoms with Gasteiger partial charge in [0.1, 0.15) is 5.82 Å². The smallest absolute Gasteiger partial charge is 0.126 e. The molecule has 0 unspecified atom stereocenters. The summed E-state index contributed by atoms with van der Waals surface area (Å²) in [5.74, 6) is -0.136. The van der Waals surface area contributed by atoms with Gasteiger partial charge < -0.3 is 5.32 Å². The highest BCUT2D eigenvalue weighted by molar-refractivity contribution is 6.31. The van der Waals surface area contributed by atoms with E-state index >= 15 is 0 Å². The summed E-state index contributed by atoms with van der Waals surface area (Å²) >= 11 is 6.07. The highest BCUT2D eigenvalue weighted by Crippen LogP contribution is 2.16. The second-order valence-electron chi connectivity index (χ2n) is 4.60. The van der Waals surface area contributed by atoms with E-state index in [1.165, 1.54) is 6.07 Å². The molecule has 0 aliphatic heterocycles. The van der Waals surface area contributed by atoms with Gasteiger partial charge in [0, 0.05) is 11.6 Å². The lowest BCUT2D eigenvalue weighted by Crippen LogP contribution is -2.17. The van der Waals surface area contributed by atoms with Crippen LogP contribution in [-0.2, 0) is 13.0 Å². The van der Waals surface area contributed by atoms with Gasteiger partial charge in [-0.1, -0.05) is 41.9 Å². The first-order valence-electron chi connectivity index (χ1n) is 6.36. The van der Waals surface area contributed by atoms with Gasteiger partial charge in [0.2, 0.25) is 0 Å². The molecule has 0 fully saturated rings. The predicted molar refractivity (Wildman–Crippen MR) is 78.0 cm³/mol. The molecule has 0 spiro atoms. The van der Waals surface area contributed by atoms with Crippen LogP contribution in [0.1, 0.15) is 16.7 Å². The first-order valence-corrected chi connectivity index (χ1v) is 6.74. The van der Waals surface area contributed by atoms with Gasteiger partial charge >= 0.3 is 0 Å². The van der Waals surface area contributed by atoms with Crippen molar-refractivity contribution in [1.82, 2.24) is 5.32 Å². The summed E-state index contributed by atoms with van der Waals surface area (Å²) in [6.07, 6.45) is 0.687. The molecule has 19 heavy (non-hydrogen) atoms. The van der Waals surface area contributed by atoms with Crippen LogP contribution in [0.4, 0.5) is 4.39 Å². The highest BCUT2D eigenvalue weighted by Gasteiger charge is 2.01. The topological polar surface area (TPSA) is 12.0 Å². The van der Waals surface area contributed by atoms with E-state index in [0.29, 0.717) is 6.42 Å². The summed E-state index contributed by atoms with van der Waals surface area (Å²) in [5, 5.41) is 4.08. The first kappa shape index (κ1) is 14.0. The molecule has 2 aromatic rings. The van der Waals surface area contributed by atoms with E-state index in [2.05, 4.69) is 11.4 Å². The Hall–Kier alpha value is -1.38. The van der Waals surface area contributed by atoms with E-state index < -0.39 is 0 Å². The molecular formula is C16H17ClFN. The van der Waals surface area contributed by atoms with Crippen LogP contribution >= 0.6 is 11.6 Å². The summed E-state index contributed by atoms with van der Waals surface area (Å²) in [5.41, 5.74) is 2.97. The molecule has 0 aromatic heterocycles. The van der Waals surface area contributed by atoms with Crippen molar-refractivity contribution in [2.45, 2.75) is 19.9 Å². The molecule has 1 nitrogen and oxygen atoms in total. The maximum atomic E-state index is 13.4. The molecule has 3 heteroatoms. The predicted octanol–water partition coefficient (Wildman–Crippen LogP) is 4.12. The minimum Gasteiger partial charge on any atom is -0.312 e. The molecular weight excluding hydrogens is 261 g/mol. The lowest BCUT2D eigenvalue weighted by molar-refractivity contribution is 0.598. The van der Waals surface area contributed by atoms with E-state index in [0.717, 1.165) is 34.8 Å². The SMILES string of the molecule is Cc1ccc(CNCCc2ccccc2F)cc1Cl. The van der Waals surface area contributed by atoms with E-state index in [4.69, 9.17) is 11.6 Å². The largest absolute Gasteiger partial charge is 0.312 e. The molecule has 1 N–H and O–H groups in total. The number of nitrogens with one attached hydrogen (secondary N) is 1. The van der Waals surface area contributed by atoms with E-state index in [1.54, 1.807) is 6.07 Å². The fourth-order valence-electron chi connectivity index (χ4n) is 1.90. The van der Waals surface area contributed by atoms with E-state index in [9.17, 15) is 4.39 Å². The van der Waals surface area contributed by atoms with Crippen LogP contribution in [-0.4, -0.2) is 6.54 Å². The van der Waals surface area contributed by atoms with E-state index in [1.807, 2.05) is 31.2 Å². The van der Waals surface area contributed by atoms with Crippen molar-refractivity contribution in [1.29, 1.82) is 0 Å². The molecule has 0 saturated heterocycles. The van der Waals surface area contributed by atoms with Gasteiger partial charge in [0.05, 0.1) is 0 Å². The minimum absolute atomic E-state index is 0.136. The summed E-state index contributed by atoms with van der Waals surface area (Å²) < 4.78 is 13.4. The molecule has 0 heterocycles. The van der Waals surface area contributed by atoms with Crippen molar-refractivity contribution in [2.24, 2.45) is 0 Å². The molecule has 2 rings (SSSR count). The third kappa shape index (κ3) is 4.05. The lowest BCUT2D eigenvalue weighted by Gasteiger charge is -2.07. The quantitative estimate of drug-likeness (QED) is 0.811. The monoisotopic (exact) mass is 277 g/mol. The third-order valence-corrected chi connectivity index (χ3v) is 3.50. The zero-order chi connectivity index (χ0) is 13.7. The summed E-state index contributed by atoms with van der Waals surface area (Å²) in [6, 6.07) is 12.9. The normalized spacial score (nSPS) is 10.7. The van der Waals surface area contributed by atoms with Crippen LogP contribution in [0.5, 0.6) is 0 Å². The van der Waals surface area contributed by atoms with Crippen LogP contribution in [0.25, 0.3) is 0 Å². The number of rotatable bonds is 5.